The molecule has 0 aliphatic rings. The van der Waals surface area contributed by atoms with E-state index in [2.05, 4.69) is 41.2 Å². The highest BCUT2D eigenvalue weighted by Gasteiger charge is 2.15. The van der Waals surface area contributed by atoms with E-state index in [0.717, 1.165) is 28.1 Å². The van der Waals surface area contributed by atoms with Crippen molar-refractivity contribution in [3.8, 4) is 11.5 Å². The van der Waals surface area contributed by atoms with Gasteiger partial charge in [0.2, 0.25) is 0 Å². The molecule has 0 amide bonds. The standard InChI is InChI=1S/C16H26BrNO3/c1-6-21-16-13(17)7-12(8-15(16)20-5)9-18-14(10-19-4)11(2)3/h7-8,11,14,18H,6,9-10H2,1-5H3. The van der Waals surface area contributed by atoms with Gasteiger partial charge in [0.25, 0.3) is 0 Å². The highest BCUT2D eigenvalue weighted by Crippen LogP contribution is 2.36. The molecule has 0 aliphatic heterocycles. The van der Waals surface area contributed by atoms with Crippen molar-refractivity contribution in [2.75, 3.05) is 27.4 Å². The van der Waals surface area contributed by atoms with Crippen LogP contribution in [0.4, 0.5) is 0 Å². The lowest BCUT2D eigenvalue weighted by Crippen LogP contribution is -2.37. The van der Waals surface area contributed by atoms with Gasteiger partial charge >= 0.3 is 0 Å². The monoisotopic (exact) mass is 359 g/mol. The summed E-state index contributed by atoms with van der Waals surface area (Å²) in [5, 5.41) is 3.52. The first kappa shape index (κ1) is 18.3. The average Bonchev–Trinajstić information content (AvgIpc) is 2.45. The zero-order valence-corrected chi connectivity index (χ0v) is 15.1. The Morgan fingerprint density at radius 3 is 2.48 bits per heavy atom. The van der Waals surface area contributed by atoms with Crippen molar-refractivity contribution in [2.45, 2.75) is 33.4 Å². The largest absolute Gasteiger partial charge is 0.493 e. The van der Waals surface area contributed by atoms with Crippen LogP contribution in [0.25, 0.3) is 0 Å². The second kappa shape index (κ2) is 9.28. The Kier molecular flexibility index (Phi) is 8.07. The van der Waals surface area contributed by atoms with E-state index >= 15 is 0 Å². The number of halogens is 1. The molecule has 1 aromatic rings. The molecule has 0 aromatic heterocycles. The molecule has 0 bridgehead atoms. The fourth-order valence-electron chi connectivity index (χ4n) is 2.08. The van der Waals surface area contributed by atoms with Gasteiger partial charge in [-0.05, 0) is 46.5 Å². The summed E-state index contributed by atoms with van der Waals surface area (Å²) < 4.78 is 17.2. The number of benzene rings is 1. The van der Waals surface area contributed by atoms with Crippen molar-refractivity contribution < 1.29 is 14.2 Å². The second-order valence-electron chi connectivity index (χ2n) is 5.23. The maximum absolute atomic E-state index is 5.60. The van der Waals surface area contributed by atoms with E-state index in [1.807, 2.05) is 13.0 Å². The highest BCUT2D eigenvalue weighted by atomic mass is 79.9. The van der Waals surface area contributed by atoms with Gasteiger partial charge in [0, 0.05) is 19.7 Å². The number of hydrogen-bond acceptors (Lipinski definition) is 4. The van der Waals surface area contributed by atoms with Gasteiger partial charge in [0.05, 0.1) is 24.8 Å². The molecule has 1 unspecified atom stereocenters. The third-order valence-electron chi connectivity index (χ3n) is 3.30. The summed E-state index contributed by atoms with van der Waals surface area (Å²) in [5.74, 6) is 2.01. The van der Waals surface area contributed by atoms with E-state index in [-0.39, 0.29) is 0 Å². The molecule has 1 rings (SSSR count). The van der Waals surface area contributed by atoms with Crippen LogP contribution in [0.15, 0.2) is 16.6 Å². The van der Waals surface area contributed by atoms with Crippen LogP contribution in [0.2, 0.25) is 0 Å². The predicted molar refractivity (Wildman–Crippen MR) is 89.2 cm³/mol. The van der Waals surface area contributed by atoms with Gasteiger partial charge in [0.15, 0.2) is 11.5 Å². The van der Waals surface area contributed by atoms with Crippen molar-refractivity contribution in [1.82, 2.24) is 5.32 Å². The summed E-state index contributed by atoms with van der Waals surface area (Å²) in [6.45, 7) is 8.40. The summed E-state index contributed by atoms with van der Waals surface area (Å²) in [5.41, 5.74) is 1.14. The van der Waals surface area contributed by atoms with Gasteiger partial charge < -0.3 is 19.5 Å². The molecule has 1 N–H and O–H groups in total. The zero-order chi connectivity index (χ0) is 15.8. The van der Waals surface area contributed by atoms with Crippen molar-refractivity contribution in [2.24, 2.45) is 5.92 Å². The summed E-state index contributed by atoms with van der Waals surface area (Å²) in [4.78, 5) is 0. The van der Waals surface area contributed by atoms with Gasteiger partial charge in [-0.3, -0.25) is 0 Å². The Labute approximate surface area is 136 Å². The molecule has 0 saturated heterocycles. The molecule has 120 valence electrons. The molecule has 21 heavy (non-hydrogen) atoms. The number of ether oxygens (including phenoxy) is 3. The van der Waals surface area contributed by atoms with E-state index in [1.165, 1.54) is 0 Å². The van der Waals surface area contributed by atoms with Gasteiger partial charge in [-0.2, -0.15) is 0 Å². The highest BCUT2D eigenvalue weighted by molar-refractivity contribution is 9.10. The smallest absolute Gasteiger partial charge is 0.175 e. The average molecular weight is 360 g/mol. The van der Waals surface area contributed by atoms with Crippen LogP contribution < -0.4 is 14.8 Å². The fraction of sp³-hybridized carbons (Fsp3) is 0.625. The van der Waals surface area contributed by atoms with Gasteiger partial charge in [-0.1, -0.05) is 13.8 Å². The van der Waals surface area contributed by atoms with Crippen LogP contribution in [0.3, 0.4) is 0 Å². The van der Waals surface area contributed by atoms with Crippen LogP contribution in [0.1, 0.15) is 26.3 Å². The molecular weight excluding hydrogens is 334 g/mol. The Hall–Kier alpha value is -0.780. The van der Waals surface area contributed by atoms with E-state index in [0.29, 0.717) is 25.2 Å². The summed E-state index contributed by atoms with van der Waals surface area (Å²) in [6.07, 6.45) is 0. The lowest BCUT2D eigenvalue weighted by Gasteiger charge is -2.22. The minimum atomic E-state index is 0.325. The minimum absolute atomic E-state index is 0.325. The zero-order valence-electron chi connectivity index (χ0n) is 13.5. The number of nitrogens with one attached hydrogen (secondary N) is 1. The topological polar surface area (TPSA) is 39.7 Å². The van der Waals surface area contributed by atoms with Crippen molar-refractivity contribution in [3.63, 3.8) is 0 Å². The van der Waals surface area contributed by atoms with Crippen LogP contribution in [0, 0.1) is 5.92 Å². The Balaban J connectivity index is 2.82. The molecule has 1 aromatic carbocycles. The van der Waals surface area contributed by atoms with Gasteiger partial charge in [-0.15, -0.1) is 0 Å². The second-order valence-corrected chi connectivity index (χ2v) is 6.08. The molecule has 0 heterocycles. The van der Waals surface area contributed by atoms with Gasteiger partial charge in [0.1, 0.15) is 0 Å². The third-order valence-corrected chi connectivity index (χ3v) is 3.89. The van der Waals surface area contributed by atoms with Crippen LogP contribution in [-0.4, -0.2) is 33.5 Å². The fourth-order valence-corrected chi connectivity index (χ4v) is 2.68. The summed E-state index contributed by atoms with van der Waals surface area (Å²) in [6, 6.07) is 4.39. The van der Waals surface area contributed by atoms with E-state index in [4.69, 9.17) is 14.2 Å². The van der Waals surface area contributed by atoms with E-state index < -0.39 is 0 Å². The molecule has 0 fully saturated rings. The quantitative estimate of drug-likeness (QED) is 0.730. The molecule has 0 saturated carbocycles. The van der Waals surface area contributed by atoms with Crippen molar-refractivity contribution >= 4 is 15.9 Å². The van der Waals surface area contributed by atoms with E-state index in [1.54, 1.807) is 14.2 Å². The normalized spacial score (nSPS) is 12.5. The van der Waals surface area contributed by atoms with Crippen LogP contribution in [-0.2, 0) is 11.3 Å². The number of methoxy groups -OCH3 is 2. The Bertz CT molecular complexity index is 438. The number of hydrogen-bond donors (Lipinski definition) is 1. The van der Waals surface area contributed by atoms with Crippen molar-refractivity contribution in [1.29, 1.82) is 0 Å². The first-order chi connectivity index (χ1) is 10.0. The first-order valence-corrected chi connectivity index (χ1v) is 8.04. The van der Waals surface area contributed by atoms with Crippen LogP contribution >= 0.6 is 15.9 Å². The SMILES string of the molecule is CCOc1c(Br)cc(CNC(COC)C(C)C)cc1OC. The lowest BCUT2D eigenvalue weighted by molar-refractivity contribution is 0.146. The Morgan fingerprint density at radius 2 is 1.95 bits per heavy atom. The van der Waals surface area contributed by atoms with E-state index in [9.17, 15) is 0 Å². The minimum Gasteiger partial charge on any atom is -0.493 e. The number of rotatable bonds is 9. The molecule has 5 heteroatoms. The molecule has 0 aliphatic carbocycles. The molecular formula is C16H26BrNO3. The molecule has 0 radical (unpaired) electrons. The van der Waals surface area contributed by atoms with Crippen molar-refractivity contribution in [3.05, 3.63) is 22.2 Å². The predicted octanol–water partition coefficient (Wildman–Crippen LogP) is 3.62. The Morgan fingerprint density at radius 1 is 1.24 bits per heavy atom. The maximum atomic E-state index is 5.60. The third kappa shape index (κ3) is 5.49. The molecule has 1 atom stereocenters. The van der Waals surface area contributed by atoms with Gasteiger partial charge in [-0.25, -0.2) is 0 Å². The summed E-state index contributed by atoms with van der Waals surface area (Å²) in [7, 11) is 3.39. The first-order valence-electron chi connectivity index (χ1n) is 7.24. The lowest BCUT2D eigenvalue weighted by atomic mass is 10.0. The van der Waals surface area contributed by atoms with Crippen LogP contribution in [0.5, 0.6) is 11.5 Å². The maximum Gasteiger partial charge on any atom is 0.175 e. The summed E-state index contributed by atoms with van der Waals surface area (Å²) >= 11 is 3.55. The molecule has 4 nitrogen and oxygen atoms in total. The molecule has 0 spiro atoms.